The van der Waals surface area contributed by atoms with E-state index in [1.807, 2.05) is 0 Å². The van der Waals surface area contributed by atoms with E-state index in [9.17, 15) is 9.59 Å². The van der Waals surface area contributed by atoms with Crippen LogP contribution in [0.2, 0.25) is 0 Å². The average molecular weight is 353 g/mol. The van der Waals surface area contributed by atoms with Crippen LogP contribution in [0.5, 0.6) is 0 Å². The molecule has 0 aromatic rings. The summed E-state index contributed by atoms with van der Waals surface area (Å²) in [5.41, 5.74) is 0. The molecule has 0 saturated heterocycles. The van der Waals surface area contributed by atoms with Crippen molar-refractivity contribution in [3.63, 3.8) is 0 Å². The van der Waals surface area contributed by atoms with Gasteiger partial charge in [-0.2, -0.15) is 0 Å². The Kier molecular flexibility index (Phi) is 16.2. The lowest BCUT2D eigenvalue weighted by molar-refractivity contribution is -0.154. The minimum atomic E-state index is -1.26. The highest BCUT2D eigenvalue weighted by Gasteiger charge is 2.24. The molecule has 2 N–H and O–H groups in total. The molecular formula is C21H36O4. The Labute approximate surface area is 153 Å². The van der Waals surface area contributed by atoms with Crippen molar-refractivity contribution in [1.82, 2.24) is 0 Å². The molecular weight excluding hydrogens is 316 g/mol. The SMILES string of the molecule is CCCCCCCCC=CCC=CCCCCCC(C(=O)O)C(=O)O. The topological polar surface area (TPSA) is 74.6 Å². The summed E-state index contributed by atoms with van der Waals surface area (Å²) in [7, 11) is 0. The summed E-state index contributed by atoms with van der Waals surface area (Å²) in [4.78, 5) is 21.5. The number of unbranched alkanes of at least 4 members (excludes halogenated alkanes) is 9. The molecule has 0 spiro atoms. The van der Waals surface area contributed by atoms with Gasteiger partial charge >= 0.3 is 11.9 Å². The first kappa shape index (κ1) is 23.4. The Bertz CT molecular complexity index is 385. The number of allylic oxidation sites excluding steroid dienone is 4. The maximum absolute atomic E-state index is 10.7. The molecule has 4 nitrogen and oxygen atoms in total. The van der Waals surface area contributed by atoms with Gasteiger partial charge in [0.25, 0.3) is 0 Å². The van der Waals surface area contributed by atoms with Crippen LogP contribution < -0.4 is 0 Å². The van der Waals surface area contributed by atoms with E-state index >= 15 is 0 Å². The van der Waals surface area contributed by atoms with E-state index in [1.165, 1.54) is 44.9 Å². The molecule has 0 aromatic heterocycles. The van der Waals surface area contributed by atoms with Crippen LogP contribution in [-0.4, -0.2) is 22.2 Å². The lowest BCUT2D eigenvalue weighted by Crippen LogP contribution is -2.23. The summed E-state index contributed by atoms with van der Waals surface area (Å²) in [5.74, 6) is -3.73. The summed E-state index contributed by atoms with van der Waals surface area (Å²) in [6.07, 6.45) is 22.6. The van der Waals surface area contributed by atoms with Crippen molar-refractivity contribution in [1.29, 1.82) is 0 Å². The van der Waals surface area contributed by atoms with Crippen molar-refractivity contribution in [2.45, 2.75) is 90.4 Å². The second-order valence-corrected chi connectivity index (χ2v) is 6.60. The van der Waals surface area contributed by atoms with Gasteiger partial charge in [-0.1, -0.05) is 76.2 Å². The number of carboxylic acids is 2. The molecule has 0 unspecified atom stereocenters. The van der Waals surface area contributed by atoms with E-state index in [1.54, 1.807) is 0 Å². The third-order valence-electron chi connectivity index (χ3n) is 4.29. The zero-order chi connectivity index (χ0) is 18.8. The smallest absolute Gasteiger partial charge is 0.317 e. The molecule has 0 bridgehead atoms. The standard InChI is InChI=1S/C21H36O4/c1-2-3-4-5-6-7-8-9-10-11-12-13-14-15-16-17-18-19(20(22)23)21(24)25/h9-10,12-13,19H,2-8,11,14-18H2,1H3,(H,22,23)(H,24,25). The van der Waals surface area contributed by atoms with Crippen LogP contribution in [0.1, 0.15) is 90.4 Å². The molecule has 0 saturated carbocycles. The average Bonchev–Trinajstić information content (AvgIpc) is 2.57. The third-order valence-corrected chi connectivity index (χ3v) is 4.29. The maximum Gasteiger partial charge on any atom is 0.317 e. The number of hydrogen-bond acceptors (Lipinski definition) is 2. The highest BCUT2D eigenvalue weighted by atomic mass is 16.4. The van der Waals surface area contributed by atoms with Crippen LogP contribution >= 0.6 is 0 Å². The van der Waals surface area contributed by atoms with Gasteiger partial charge in [0.1, 0.15) is 0 Å². The molecule has 0 heterocycles. The molecule has 0 rings (SSSR count). The highest BCUT2D eigenvalue weighted by Crippen LogP contribution is 2.12. The van der Waals surface area contributed by atoms with Crippen molar-refractivity contribution in [2.75, 3.05) is 0 Å². The predicted molar refractivity (Wildman–Crippen MR) is 103 cm³/mol. The van der Waals surface area contributed by atoms with Crippen molar-refractivity contribution in [3.8, 4) is 0 Å². The molecule has 0 aliphatic rings. The molecule has 0 aliphatic carbocycles. The Morgan fingerprint density at radius 2 is 1.20 bits per heavy atom. The second kappa shape index (κ2) is 17.2. The Balaban J connectivity index is 3.44. The largest absolute Gasteiger partial charge is 0.481 e. The van der Waals surface area contributed by atoms with E-state index in [2.05, 4.69) is 31.2 Å². The molecule has 144 valence electrons. The summed E-state index contributed by atoms with van der Waals surface area (Å²) in [5, 5.41) is 17.5. The fourth-order valence-corrected chi connectivity index (χ4v) is 2.69. The quantitative estimate of drug-likeness (QED) is 0.192. The predicted octanol–water partition coefficient (Wildman–Crippen LogP) is 5.98. The van der Waals surface area contributed by atoms with Crippen LogP contribution in [0, 0.1) is 5.92 Å². The van der Waals surface area contributed by atoms with Crippen LogP contribution in [0.3, 0.4) is 0 Å². The maximum atomic E-state index is 10.7. The minimum absolute atomic E-state index is 0.218. The van der Waals surface area contributed by atoms with E-state index in [4.69, 9.17) is 10.2 Å². The lowest BCUT2D eigenvalue weighted by Gasteiger charge is -2.06. The van der Waals surface area contributed by atoms with Crippen LogP contribution in [0.4, 0.5) is 0 Å². The van der Waals surface area contributed by atoms with Crippen LogP contribution in [0.15, 0.2) is 24.3 Å². The fraction of sp³-hybridized carbons (Fsp3) is 0.714. The molecule has 4 heteroatoms. The first-order chi connectivity index (χ1) is 12.1. The van der Waals surface area contributed by atoms with E-state index in [0.29, 0.717) is 6.42 Å². The number of aliphatic carboxylic acids is 2. The number of rotatable bonds is 17. The van der Waals surface area contributed by atoms with Gasteiger partial charge in [0.2, 0.25) is 0 Å². The Hall–Kier alpha value is -1.58. The van der Waals surface area contributed by atoms with Crippen LogP contribution in [0.25, 0.3) is 0 Å². The number of hydrogen-bond donors (Lipinski definition) is 2. The molecule has 0 radical (unpaired) electrons. The molecule has 0 aliphatic heterocycles. The monoisotopic (exact) mass is 352 g/mol. The highest BCUT2D eigenvalue weighted by molar-refractivity contribution is 5.92. The Morgan fingerprint density at radius 3 is 1.72 bits per heavy atom. The van der Waals surface area contributed by atoms with E-state index in [-0.39, 0.29) is 6.42 Å². The van der Waals surface area contributed by atoms with Gasteiger partial charge in [0.05, 0.1) is 0 Å². The van der Waals surface area contributed by atoms with Crippen molar-refractivity contribution < 1.29 is 19.8 Å². The van der Waals surface area contributed by atoms with Gasteiger partial charge in [-0.3, -0.25) is 9.59 Å². The van der Waals surface area contributed by atoms with Gasteiger partial charge in [-0.25, -0.2) is 0 Å². The number of carboxylic acid groups (broad SMARTS) is 2. The normalized spacial score (nSPS) is 11.8. The lowest BCUT2D eigenvalue weighted by atomic mass is 10.0. The fourth-order valence-electron chi connectivity index (χ4n) is 2.69. The molecule has 0 aromatic carbocycles. The van der Waals surface area contributed by atoms with Gasteiger partial charge < -0.3 is 10.2 Å². The molecule has 25 heavy (non-hydrogen) atoms. The first-order valence-corrected chi connectivity index (χ1v) is 9.85. The van der Waals surface area contributed by atoms with Gasteiger partial charge in [0, 0.05) is 0 Å². The van der Waals surface area contributed by atoms with E-state index in [0.717, 1.165) is 25.7 Å². The first-order valence-electron chi connectivity index (χ1n) is 9.85. The zero-order valence-corrected chi connectivity index (χ0v) is 15.8. The van der Waals surface area contributed by atoms with Gasteiger partial charge in [0.15, 0.2) is 5.92 Å². The third kappa shape index (κ3) is 15.7. The Morgan fingerprint density at radius 1 is 0.720 bits per heavy atom. The minimum Gasteiger partial charge on any atom is -0.481 e. The van der Waals surface area contributed by atoms with Crippen LogP contribution in [-0.2, 0) is 9.59 Å². The second-order valence-electron chi connectivity index (χ2n) is 6.60. The van der Waals surface area contributed by atoms with Crippen molar-refractivity contribution in [2.24, 2.45) is 5.92 Å². The molecule has 0 amide bonds. The summed E-state index contributed by atoms with van der Waals surface area (Å²) >= 11 is 0. The van der Waals surface area contributed by atoms with Crippen molar-refractivity contribution >= 4 is 11.9 Å². The zero-order valence-electron chi connectivity index (χ0n) is 15.8. The van der Waals surface area contributed by atoms with Gasteiger partial charge in [-0.15, -0.1) is 0 Å². The molecule has 0 atom stereocenters. The van der Waals surface area contributed by atoms with E-state index < -0.39 is 17.9 Å². The number of carbonyl (C=O) groups is 2. The summed E-state index contributed by atoms with van der Waals surface area (Å²) in [6, 6.07) is 0. The van der Waals surface area contributed by atoms with Gasteiger partial charge in [-0.05, 0) is 38.5 Å². The summed E-state index contributed by atoms with van der Waals surface area (Å²) in [6.45, 7) is 2.24. The summed E-state index contributed by atoms with van der Waals surface area (Å²) < 4.78 is 0. The van der Waals surface area contributed by atoms with Crippen molar-refractivity contribution in [3.05, 3.63) is 24.3 Å². The molecule has 0 fully saturated rings.